The van der Waals surface area contributed by atoms with Crippen LogP contribution in [0, 0.1) is 0 Å². The van der Waals surface area contributed by atoms with E-state index in [4.69, 9.17) is 11.6 Å². The lowest BCUT2D eigenvalue weighted by Crippen LogP contribution is -2.52. The van der Waals surface area contributed by atoms with Crippen molar-refractivity contribution in [3.8, 4) is 5.75 Å². The van der Waals surface area contributed by atoms with Crippen molar-refractivity contribution >= 4 is 41.5 Å². The largest absolute Gasteiger partial charge is 0.434 e. The number of aliphatic imine (C=N–C) groups is 1. The minimum atomic E-state index is -2.88. The number of ether oxygens (including phenoxy) is 1. The Morgan fingerprint density at radius 2 is 1.93 bits per heavy atom. The van der Waals surface area contributed by atoms with Crippen LogP contribution >= 0.6 is 35.6 Å². The molecule has 1 heterocycles. The molecule has 0 radical (unpaired) electrons. The van der Waals surface area contributed by atoms with E-state index < -0.39 is 6.61 Å². The number of halogens is 4. The molecule has 0 aliphatic carbocycles. The maximum Gasteiger partial charge on any atom is 0.387 e. The summed E-state index contributed by atoms with van der Waals surface area (Å²) in [6.45, 7) is 4.52. The number of likely N-dealkylation sites (N-methyl/N-ethyl adjacent to an activating group) is 1. The predicted molar refractivity (Wildman–Crippen MR) is 120 cm³/mol. The van der Waals surface area contributed by atoms with Gasteiger partial charge in [0.15, 0.2) is 5.96 Å². The van der Waals surface area contributed by atoms with Crippen molar-refractivity contribution < 1.29 is 13.5 Å². The molecule has 0 bridgehead atoms. The molecule has 0 saturated carbocycles. The zero-order valence-electron chi connectivity index (χ0n) is 16.4. The minimum absolute atomic E-state index is 0. The number of guanidine groups is 1. The zero-order valence-corrected chi connectivity index (χ0v) is 19.5. The molecular weight excluding hydrogens is 503 g/mol. The van der Waals surface area contributed by atoms with E-state index in [0.29, 0.717) is 22.6 Å². The van der Waals surface area contributed by atoms with E-state index in [-0.39, 0.29) is 36.3 Å². The smallest absolute Gasteiger partial charge is 0.387 e. The first kappa shape index (κ1) is 25.1. The molecule has 6 nitrogen and oxygen atoms in total. The Hall–Kier alpha value is -0.910. The van der Waals surface area contributed by atoms with Gasteiger partial charge in [-0.3, -0.25) is 9.89 Å². The predicted octanol–water partition coefficient (Wildman–Crippen LogP) is 2.86. The summed E-state index contributed by atoms with van der Waals surface area (Å²) in [5.41, 5.74) is 0.540. The molecule has 0 aromatic heterocycles. The molecule has 28 heavy (non-hydrogen) atoms. The van der Waals surface area contributed by atoms with Crippen molar-refractivity contribution in [1.29, 1.82) is 0 Å². The molecule has 2 N–H and O–H groups in total. The van der Waals surface area contributed by atoms with E-state index in [0.717, 1.165) is 32.7 Å². The summed E-state index contributed by atoms with van der Waals surface area (Å²) in [4.78, 5) is 8.95. The van der Waals surface area contributed by atoms with Gasteiger partial charge in [-0.25, -0.2) is 0 Å². The molecule has 1 aliphatic heterocycles. The third-order valence-corrected chi connectivity index (χ3v) is 4.87. The van der Waals surface area contributed by atoms with E-state index in [9.17, 15) is 8.78 Å². The average Bonchev–Trinajstić information content (AvgIpc) is 2.64. The van der Waals surface area contributed by atoms with Crippen LogP contribution < -0.4 is 15.4 Å². The first-order chi connectivity index (χ1) is 12.9. The van der Waals surface area contributed by atoms with Gasteiger partial charge in [-0.15, -0.1) is 24.0 Å². The second kappa shape index (κ2) is 12.6. The third kappa shape index (κ3) is 8.22. The van der Waals surface area contributed by atoms with E-state index in [1.165, 1.54) is 12.1 Å². The fraction of sp³-hybridized carbons (Fsp3) is 0.611. The Labute approximate surface area is 187 Å². The maximum absolute atomic E-state index is 12.6. The highest BCUT2D eigenvalue weighted by atomic mass is 127. The molecule has 1 fully saturated rings. The normalized spacial score (nSPS) is 17.2. The molecular formula is C18H29ClF2IN5O. The summed E-state index contributed by atoms with van der Waals surface area (Å²) in [7, 11) is 3.80. The van der Waals surface area contributed by atoms with Crippen LogP contribution in [0.15, 0.2) is 23.2 Å². The lowest BCUT2D eigenvalue weighted by atomic mass is 10.2. The van der Waals surface area contributed by atoms with Crippen LogP contribution in [0.5, 0.6) is 5.75 Å². The molecule has 1 saturated heterocycles. The Kier molecular flexibility index (Phi) is 11.3. The van der Waals surface area contributed by atoms with Gasteiger partial charge in [0.25, 0.3) is 0 Å². The van der Waals surface area contributed by atoms with Gasteiger partial charge in [-0.05, 0) is 32.2 Å². The van der Waals surface area contributed by atoms with Gasteiger partial charge in [0.2, 0.25) is 0 Å². The van der Waals surface area contributed by atoms with Gasteiger partial charge >= 0.3 is 6.61 Å². The Morgan fingerprint density at radius 3 is 2.54 bits per heavy atom. The van der Waals surface area contributed by atoms with Crippen molar-refractivity contribution in [3.63, 3.8) is 0 Å². The van der Waals surface area contributed by atoms with Gasteiger partial charge in [0.05, 0.1) is 0 Å². The summed E-state index contributed by atoms with van der Waals surface area (Å²) in [5.74, 6) is 0.696. The number of nitrogens with one attached hydrogen (secondary N) is 2. The minimum Gasteiger partial charge on any atom is -0.434 e. The summed E-state index contributed by atoms with van der Waals surface area (Å²) in [6.07, 6.45) is 0. The number of alkyl halides is 2. The van der Waals surface area contributed by atoms with Gasteiger partial charge in [0.1, 0.15) is 5.75 Å². The van der Waals surface area contributed by atoms with Crippen molar-refractivity contribution in [2.75, 3.05) is 46.8 Å². The molecule has 10 heteroatoms. The Bertz CT molecular complexity index is 630. The molecule has 1 unspecified atom stereocenters. The highest BCUT2D eigenvalue weighted by molar-refractivity contribution is 14.0. The number of rotatable bonds is 7. The average molecular weight is 532 g/mol. The monoisotopic (exact) mass is 531 g/mol. The fourth-order valence-electron chi connectivity index (χ4n) is 2.93. The van der Waals surface area contributed by atoms with Crippen molar-refractivity contribution in [2.45, 2.75) is 26.1 Å². The Balaban J connectivity index is 0.00000392. The lowest BCUT2D eigenvalue weighted by Gasteiger charge is -2.36. The summed E-state index contributed by atoms with van der Waals surface area (Å²) in [6, 6.07) is 4.93. The standard InChI is InChI=1S/C18H28ClF2N5O.HI/c1-13(26-8-6-25(3)7-9-26)11-23-18(22-2)24-12-14-10-15(19)4-5-16(14)27-17(20)21;/h4-5,10,13,17H,6-9,11-12H2,1-3H3,(H2,22,23,24);1H. The van der Waals surface area contributed by atoms with Crippen molar-refractivity contribution in [2.24, 2.45) is 4.99 Å². The van der Waals surface area contributed by atoms with Crippen molar-refractivity contribution in [3.05, 3.63) is 28.8 Å². The number of hydrogen-bond acceptors (Lipinski definition) is 4. The molecule has 1 aromatic carbocycles. The number of hydrogen-bond donors (Lipinski definition) is 2. The highest BCUT2D eigenvalue weighted by Gasteiger charge is 2.19. The van der Waals surface area contributed by atoms with E-state index >= 15 is 0 Å². The third-order valence-electron chi connectivity index (χ3n) is 4.63. The second-order valence-electron chi connectivity index (χ2n) is 6.63. The summed E-state index contributed by atoms with van der Waals surface area (Å²) >= 11 is 5.98. The van der Waals surface area contributed by atoms with Crippen LogP contribution in [-0.4, -0.2) is 75.2 Å². The molecule has 0 spiro atoms. The van der Waals surface area contributed by atoms with Gasteiger partial charge in [-0.2, -0.15) is 8.78 Å². The van der Waals surface area contributed by atoms with Crippen LogP contribution in [0.25, 0.3) is 0 Å². The first-order valence-corrected chi connectivity index (χ1v) is 9.37. The second-order valence-corrected chi connectivity index (χ2v) is 7.06. The van der Waals surface area contributed by atoms with Crippen LogP contribution in [0.3, 0.4) is 0 Å². The van der Waals surface area contributed by atoms with Gasteiger partial charge in [0, 0.05) is 62.9 Å². The maximum atomic E-state index is 12.6. The highest BCUT2D eigenvalue weighted by Crippen LogP contribution is 2.24. The summed E-state index contributed by atoms with van der Waals surface area (Å²) in [5, 5.41) is 6.86. The van der Waals surface area contributed by atoms with E-state index in [1.54, 1.807) is 13.1 Å². The first-order valence-electron chi connectivity index (χ1n) is 8.99. The zero-order chi connectivity index (χ0) is 19.8. The molecule has 160 valence electrons. The number of nitrogens with zero attached hydrogens (tertiary/aromatic N) is 3. The topological polar surface area (TPSA) is 52.1 Å². The van der Waals surface area contributed by atoms with Gasteiger partial charge < -0.3 is 20.3 Å². The lowest BCUT2D eigenvalue weighted by molar-refractivity contribution is -0.0504. The Morgan fingerprint density at radius 1 is 1.25 bits per heavy atom. The van der Waals surface area contributed by atoms with E-state index in [2.05, 4.69) is 44.1 Å². The van der Waals surface area contributed by atoms with Gasteiger partial charge in [-0.1, -0.05) is 11.6 Å². The quantitative estimate of drug-likeness (QED) is 0.322. The number of piperazine rings is 1. The molecule has 1 aliphatic rings. The molecule has 2 rings (SSSR count). The van der Waals surface area contributed by atoms with Crippen LogP contribution in [0.1, 0.15) is 12.5 Å². The van der Waals surface area contributed by atoms with Crippen LogP contribution in [0.4, 0.5) is 8.78 Å². The summed E-state index contributed by atoms with van der Waals surface area (Å²) < 4.78 is 29.7. The van der Waals surface area contributed by atoms with E-state index in [1.807, 2.05) is 0 Å². The van der Waals surface area contributed by atoms with Crippen LogP contribution in [0.2, 0.25) is 5.02 Å². The SMILES string of the molecule is CN=C(NCc1cc(Cl)ccc1OC(F)F)NCC(C)N1CCN(C)CC1.I. The molecule has 1 aromatic rings. The number of benzene rings is 1. The fourth-order valence-corrected chi connectivity index (χ4v) is 3.13. The molecule has 0 amide bonds. The molecule has 1 atom stereocenters. The van der Waals surface area contributed by atoms with Crippen LogP contribution in [-0.2, 0) is 6.54 Å². The van der Waals surface area contributed by atoms with Crippen molar-refractivity contribution in [1.82, 2.24) is 20.4 Å².